The minimum atomic E-state index is -1.42. The van der Waals surface area contributed by atoms with Crippen molar-refractivity contribution in [2.24, 2.45) is 5.41 Å². The minimum absolute atomic E-state index is 0.0833. The number of hydrogen-bond donors (Lipinski definition) is 2. The van der Waals surface area contributed by atoms with E-state index in [0.717, 1.165) is 29.7 Å². The maximum absolute atomic E-state index is 13.3. The molecule has 0 aliphatic heterocycles. The molecule has 2 rings (SSSR count). The number of carbonyl (C=O) groups is 2. The van der Waals surface area contributed by atoms with Crippen LogP contribution < -0.4 is 10.6 Å². The third-order valence-corrected chi connectivity index (χ3v) is 4.29. The molecular weight excluding hydrogens is 338 g/mol. The molecule has 26 heavy (non-hydrogen) atoms. The van der Waals surface area contributed by atoms with E-state index in [1.54, 1.807) is 0 Å². The van der Waals surface area contributed by atoms with Gasteiger partial charge < -0.3 is 10.6 Å². The molecule has 6 heteroatoms. The Kier molecular flexibility index (Phi) is 5.75. The van der Waals surface area contributed by atoms with Gasteiger partial charge in [0.05, 0.1) is 0 Å². The first-order valence-electron chi connectivity index (χ1n) is 8.33. The van der Waals surface area contributed by atoms with Gasteiger partial charge in [0.25, 0.3) is 0 Å². The molecule has 0 fully saturated rings. The van der Waals surface area contributed by atoms with Crippen LogP contribution in [0, 0.1) is 24.0 Å². The van der Waals surface area contributed by atoms with Crippen molar-refractivity contribution in [2.75, 3.05) is 10.6 Å². The molecule has 0 heterocycles. The average molecular weight is 360 g/mol. The lowest BCUT2D eigenvalue weighted by molar-refractivity contribution is -0.135. The van der Waals surface area contributed by atoms with E-state index < -0.39 is 28.9 Å². The first kappa shape index (κ1) is 19.6. The summed E-state index contributed by atoms with van der Waals surface area (Å²) in [6.07, 6.45) is 0.735. The highest BCUT2D eigenvalue weighted by atomic mass is 19.2. The summed E-state index contributed by atoms with van der Waals surface area (Å²) in [5.41, 5.74) is 1.22. The Morgan fingerprint density at radius 3 is 2.27 bits per heavy atom. The van der Waals surface area contributed by atoms with Gasteiger partial charge in [-0.25, -0.2) is 8.78 Å². The number of anilines is 2. The second kappa shape index (κ2) is 7.64. The molecular formula is C20H22F2N2O2. The largest absolute Gasteiger partial charge is 0.325 e. The van der Waals surface area contributed by atoms with Crippen LogP contribution in [-0.4, -0.2) is 11.8 Å². The van der Waals surface area contributed by atoms with Gasteiger partial charge in [0.1, 0.15) is 5.41 Å². The van der Waals surface area contributed by atoms with Crippen molar-refractivity contribution in [3.63, 3.8) is 0 Å². The Morgan fingerprint density at radius 1 is 1.00 bits per heavy atom. The van der Waals surface area contributed by atoms with Gasteiger partial charge in [-0.15, -0.1) is 0 Å². The summed E-state index contributed by atoms with van der Waals surface area (Å²) in [6, 6.07) is 8.72. The summed E-state index contributed by atoms with van der Waals surface area (Å²) < 4.78 is 26.3. The summed E-state index contributed by atoms with van der Waals surface area (Å²) in [5, 5.41) is 5.28. The fourth-order valence-electron chi connectivity index (χ4n) is 2.44. The summed E-state index contributed by atoms with van der Waals surface area (Å²) in [5.74, 6) is -3.18. The summed E-state index contributed by atoms with van der Waals surface area (Å²) in [4.78, 5) is 25.2. The smallest absolute Gasteiger partial charge is 0.239 e. The molecule has 0 aliphatic rings. The Bertz CT molecular complexity index is 848. The average Bonchev–Trinajstić information content (AvgIpc) is 2.59. The summed E-state index contributed by atoms with van der Waals surface area (Å²) in [6.45, 7) is 6.80. The topological polar surface area (TPSA) is 58.2 Å². The standard InChI is InChI=1S/C20H22F2N2O2/c1-5-13-8-6-7-12(2)17(13)24-19(26)20(3,4)18(25)23-14-9-10-15(21)16(22)11-14/h6-11H,5H2,1-4H3,(H,23,25)(H,24,26). The van der Waals surface area contributed by atoms with Crippen LogP contribution in [0.2, 0.25) is 0 Å². The zero-order valence-electron chi connectivity index (χ0n) is 15.2. The molecule has 0 aromatic heterocycles. The predicted octanol–water partition coefficient (Wildman–Crippen LogP) is 4.44. The molecule has 0 aliphatic carbocycles. The van der Waals surface area contributed by atoms with E-state index in [1.165, 1.54) is 19.9 Å². The van der Waals surface area contributed by atoms with E-state index in [9.17, 15) is 18.4 Å². The van der Waals surface area contributed by atoms with E-state index in [2.05, 4.69) is 10.6 Å². The molecule has 4 nitrogen and oxygen atoms in total. The molecule has 0 atom stereocenters. The molecule has 0 saturated carbocycles. The van der Waals surface area contributed by atoms with Crippen LogP contribution in [0.4, 0.5) is 20.2 Å². The SMILES string of the molecule is CCc1cccc(C)c1NC(=O)C(C)(C)C(=O)Nc1ccc(F)c(F)c1. The summed E-state index contributed by atoms with van der Waals surface area (Å²) in [7, 11) is 0. The van der Waals surface area contributed by atoms with Crippen LogP contribution in [0.5, 0.6) is 0 Å². The lowest BCUT2D eigenvalue weighted by atomic mass is 9.90. The van der Waals surface area contributed by atoms with Crippen molar-refractivity contribution >= 4 is 23.2 Å². The number of carbonyl (C=O) groups excluding carboxylic acids is 2. The predicted molar refractivity (Wildman–Crippen MR) is 98.0 cm³/mol. The van der Waals surface area contributed by atoms with Crippen LogP contribution in [0.25, 0.3) is 0 Å². The number of hydrogen-bond acceptors (Lipinski definition) is 2. The number of halogens is 2. The number of benzene rings is 2. The molecule has 2 amide bonds. The maximum Gasteiger partial charge on any atom is 0.239 e. The van der Waals surface area contributed by atoms with Crippen molar-refractivity contribution in [2.45, 2.75) is 34.1 Å². The Labute approximate surface area is 151 Å². The van der Waals surface area contributed by atoms with Gasteiger partial charge in [-0.3, -0.25) is 9.59 Å². The molecule has 2 aromatic carbocycles. The van der Waals surface area contributed by atoms with Crippen molar-refractivity contribution in [3.05, 3.63) is 59.2 Å². The van der Waals surface area contributed by atoms with Gasteiger partial charge in [0, 0.05) is 17.4 Å². The molecule has 0 bridgehead atoms. The summed E-state index contributed by atoms with van der Waals surface area (Å²) >= 11 is 0. The third-order valence-electron chi connectivity index (χ3n) is 4.29. The number of amides is 2. The Balaban J connectivity index is 2.19. The molecule has 0 radical (unpaired) electrons. The fourth-order valence-corrected chi connectivity index (χ4v) is 2.44. The second-order valence-electron chi connectivity index (χ2n) is 6.62. The van der Waals surface area contributed by atoms with Crippen molar-refractivity contribution in [1.29, 1.82) is 0 Å². The van der Waals surface area contributed by atoms with Crippen LogP contribution >= 0.6 is 0 Å². The van der Waals surface area contributed by atoms with Crippen LogP contribution in [-0.2, 0) is 16.0 Å². The van der Waals surface area contributed by atoms with E-state index in [4.69, 9.17) is 0 Å². The van der Waals surface area contributed by atoms with Crippen LogP contribution in [0.1, 0.15) is 31.9 Å². The Hall–Kier alpha value is -2.76. The van der Waals surface area contributed by atoms with Crippen LogP contribution in [0.3, 0.4) is 0 Å². The van der Waals surface area contributed by atoms with Gasteiger partial charge in [-0.2, -0.15) is 0 Å². The quantitative estimate of drug-likeness (QED) is 0.775. The zero-order chi connectivity index (χ0) is 19.5. The normalized spacial score (nSPS) is 11.2. The highest BCUT2D eigenvalue weighted by molar-refractivity contribution is 6.14. The highest BCUT2D eigenvalue weighted by Crippen LogP contribution is 2.26. The van der Waals surface area contributed by atoms with Gasteiger partial charge in [0.2, 0.25) is 11.8 Å². The number of para-hydroxylation sites is 1. The van der Waals surface area contributed by atoms with E-state index in [-0.39, 0.29) is 5.69 Å². The highest BCUT2D eigenvalue weighted by Gasteiger charge is 2.36. The number of aryl methyl sites for hydroxylation is 2. The van der Waals surface area contributed by atoms with Gasteiger partial charge >= 0.3 is 0 Å². The zero-order valence-corrected chi connectivity index (χ0v) is 15.2. The Morgan fingerprint density at radius 2 is 1.65 bits per heavy atom. The van der Waals surface area contributed by atoms with E-state index in [0.29, 0.717) is 5.69 Å². The second-order valence-corrected chi connectivity index (χ2v) is 6.62. The maximum atomic E-state index is 13.3. The first-order valence-corrected chi connectivity index (χ1v) is 8.33. The molecule has 2 N–H and O–H groups in total. The van der Waals surface area contributed by atoms with Gasteiger partial charge in [0.15, 0.2) is 11.6 Å². The third kappa shape index (κ3) is 4.07. The first-order chi connectivity index (χ1) is 12.2. The van der Waals surface area contributed by atoms with Crippen molar-refractivity contribution < 1.29 is 18.4 Å². The van der Waals surface area contributed by atoms with Crippen molar-refractivity contribution in [1.82, 2.24) is 0 Å². The molecule has 0 saturated heterocycles. The van der Waals surface area contributed by atoms with Crippen molar-refractivity contribution in [3.8, 4) is 0 Å². The number of nitrogens with one attached hydrogen (secondary N) is 2. The van der Waals surface area contributed by atoms with Gasteiger partial charge in [-0.1, -0.05) is 25.1 Å². The van der Waals surface area contributed by atoms with Gasteiger partial charge in [-0.05, 0) is 50.5 Å². The monoisotopic (exact) mass is 360 g/mol. The molecule has 2 aromatic rings. The number of rotatable bonds is 5. The molecule has 0 spiro atoms. The lowest BCUT2D eigenvalue weighted by Gasteiger charge is -2.24. The molecule has 0 unspecified atom stereocenters. The van der Waals surface area contributed by atoms with Crippen LogP contribution in [0.15, 0.2) is 36.4 Å². The lowest BCUT2D eigenvalue weighted by Crippen LogP contribution is -2.41. The molecule has 138 valence electrons. The van der Waals surface area contributed by atoms with E-state index in [1.807, 2.05) is 32.0 Å². The van der Waals surface area contributed by atoms with E-state index >= 15 is 0 Å². The fraction of sp³-hybridized carbons (Fsp3) is 0.300. The minimum Gasteiger partial charge on any atom is -0.325 e.